The standard InChI is InChI=1S/C12H26N4O/c1-3-4-6-15(2)7-5-14-12(13)16-8-10-17-11-9-16/h3-11H2,1-2H3,(H2,13,14). The van der Waals surface area contributed by atoms with E-state index < -0.39 is 0 Å². The number of guanidine groups is 1. The highest BCUT2D eigenvalue weighted by molar-refractivity contribution is 5.78. The van der Waals surface area contributed by atoms with Crippen molar-refractivity contribution in [3.63, 3.8) is 0 Å². The van der Waals surface area contributed by atoms with Gasteiger partial charge in [-0.25, -0.2) is 0 Å². The molecule has 1 aliphatic heterocycles. The van der Waals surface area contributed by atoms with Crippen LogP contribution in [-0.2, 0) is 4.74 Å². The minimum absolute atomic E-state index is 0.664. The van der Waals surface area contributed by atoms with Gasteiger partial charge in [-0.3, -0.25) is 4.99 Å². The Labute approximate surface area is 105 Å². The van der Waals surface area contributed by atoms with Crippen LogP contribution in [0.25, 0.3) is 0 Å². The molecule has 1 saturated heterocycles. The Morgan fingerprint density at radius 2 is 2.06 bits per heavy atom. The lowest BCUT2D eigenvalue weighted by atomic mass is 10.3. The fraction of sp³-hybridized carbons (Fsp3) is 0.917. The maximum atomic E-state index is 5.94. The summed E-state index contributed by atoms with van der Waals surface area (Å²) >= 11 is 0. The first-order valence-corrected chi connectivity index (χ1v) is 6.55. The van der Waals surface area contributed by atoms with Crippen LogP contribution in [0.2, 0.25) is 0 Å². The van der Waals surface area contributed by atoms with Crippen molar-refractivity contribution in [1.29, 1.82) is 0 Å². The lowest BCUT2D eigenvalue weighted by Gasteiger charge is -2.27. The van der Waals surface area contributed by atoms with Gasteiger partial charge in [0.1, 0.15) is 0 Å². The Morgan fingerprint density at radius 3 is 2.71 bits per heavy atom. The number of morpholine rings is 1. The molecule has 5 nitrogen and oxygen atoms in total. The molecular formula is C12H26N4O. The summed E-state index contributed by atoms with van der Waals surface area (Å²) in [5.41, 5.74) is 5.94. The summed E-state index contributed by atoms with van der Waals surface area (Å²) in [6, 6.07) is 0. The van der Waals surface area contributed by atoms with Gasteiger partial charge in [0.05, 0.1) is 19.8 Å². The smallest absolute Gasteiger partial charge is 0.191 e. The second-order valence-electron chi connectivity index (χ2n) is 4.50. The van der Waals surface area contributed by atoms with Gasteiger partial charge >= 0.3 is 0 Å². The van der Waals surface area contributed by atoms with Crippen molar-refractivity contribution >= 4 is 5.96 Å². The molecule has 1 fully saturated rings. The number of unbranched alkanes of at least 4 members (excludes halogenated alkanes) is 1. The molecule has 0 aromatic rings. The molecule has 1 rings (SSSR count). The van der Waals surface area contributed by atoms with Gasteiger partial charge in [0.25, 0.3) is 0 Å². The van der Waals surface area contributed by atoms with Crippen LogP contribution in [0.3, 0.4) is 0 Å². The quantitative estimate of drug-likeness (QED) is 0.540. The molecule has 17 heavy (non-hydrogen) atoms. The van der Waals surface area contributed by atoms with E-state index in [9.17, 15) is 0 Å². The number of ether oxygens (including phenoxy) is 1. The van der Waals surface area contributed by atoms with E-state index in [2.05, 4.69) is 28.8 Å². The lowest BCUT2D eigenvalue weighted by molar-refractivity contribution is 0.0674. The second-order valence-corrected chi connectivity index (χ2v) is 4.50. The molecule has 0 unspecified atom stereocenters. The fourth-order valence-corrected chi connectivity index (χ4v) is 1.77. The van der Waals surface area contributed by atoms with Gasteiger partial charge in [0.2, 0.25) is 0 Å². The average molecular weight is 242 g/mol. The van der Waals surface area contributed by atoms with Gasteiger partial charge in [-0.2, -0.15) is 0 Å². The number of aliphatic imine (C=N–C) groups is 1. The molecule has 0 aliphatic carbocycles. The summed E-state index contributed by atoms with van der Waals surface area (Å²) in [6.45, 7) is 8.35. The molecule has 2 N–H and O–H groups in total. The van der Waals surface area contributed by atoms with E-state index in [-0.39, 0.29) is 0 Å². The van der Waals surface area contributed by atoms with Crippen LogP contribution < -0.4 is 5.73 Å². The fourth-order valence-electron chi connectivity index (χ4n) is 1.77. The Balaban J connectivity index is 2.17. The van der Waals surface area contributed by atoms with E-state index in [1.165, 1.54) is 12.8 Å². The summed E-state index contributed by atoms with van der Waals surface area (Å²) < 4.78 is 5.28. The van der Waals surface area contributed by atoms with Gasteiger partial charge in [0, 0.05) is 19.6 Å². The predicted octanol–water partition coefficient (Wildman–Crippen LogP) is 0.365. The predicted molar refractivity (Wildman–Crippen MR) is 71.3 cm³/mol. The molecule has 1 heterocycles. The molecule has 5 heteroatoms. The van der Waals surface area contributed by atoms with Crippen molar-refractivity contribution in [3.8, 4) is 0 Å². The van der Waals surface area contributed by atoms with Crippen LogP contribution in [-0.4, -0.2) is 68.7 Å². The molecule has 0 amide bonds. The SMILES string of the molecule is CCCCN(C)CCN=C(N)N1CCOCC1. The van der Waals surface area contributed by atoms with E-state index in [4.69, 9.17) is 10.5 Å². The summed E-state index contributed by atoms with van der Waals surface area (Å²) in [6.07, 6.45) is 2.49. The van der Waals surface area contributed by atoms with E-state index in [1.807, 2.05) is 0 Å². The van der Waals surface area contributed by atoms with Crippen LogP contribution >= 0.6 is 0 Å². The Kier molecular flexibility index (Phi) is 6.96. The van der Waals surface area contributed by atoms with Crippen LogP contribution in [0.15, 0.2) is 4.99 Å². The molecule has 0 radical (unpaired) electrons. The van der Waals surface area contributed by atoms with E-state index in [1.54, 1.807) is 0 Å². The highest BCUT2D eigenvalue weighted by atomic mass is 16.5. The van der Waals surface area contributed by atoms with Crippen molar-refractivity contribution in [2.45, 2.75) is 19.8 Å². The monoisotopic (exact) mass is 242 g/mol. The minimum atomic E-state index is 0.664. The third kappa shape index (κ3) is 5.89. The maximum Gasteiger partial charge on any atom is 0.191 e. The van der Waals surface area contributed by atoms with Crippen molar-refractivity contribution in [2.75, 3.05) is 53.0 Å². The molecule has 1 aliphatic rings. The Hall–Kier alpha value is -0.810. The summed E-state index contributed by atoms with van der Waals surface area (Å²) in [5, 5.41) is 0. The van der Waals surface area contributed by atoms with Crippen molar-refractivity contribution < 1.29 is 4.74 Å². The summed E-state index contributed by atoms with van der Waals surface area (Å²) in [7, 11) is 2.14. The number of hydrogen-bond donors (Lipinski definition) is 1. The van der Waals surface area contributed by atoms with Crippen molar-refractivity contribution in [2.24, 2.45) is 10.7 Å². The number of rotatable bonds is 6. The second kappa shape index (κ2) is 8.31. The third-order valence-corrected chi connectivity index (χ3v) is 2.98. The average Bonchev–Trinajstić information content (AvgIpc) is 2.37. The third-order valence-electron chi connectivity index (χ3n) is 2.98. The topological polar surface area (TPSA) is 54.1 Å². The zero-order valence-corrected chi connectivity index (χ0v) is 11.2. The van der Waals surface area contributed by atoms with Crippen LogP contribution in [0.4, 0.5) is 0 Å². The first-order valence-electron chi connectivity index (χ1n) is 6.55. The van der Waals surface area contributed by atoms with Crippen LogP contribution in [0, 0.1) is 0 Å². The van der Waals surface area contributed by atoms with Gasteiger partial charge in [-0.1, -0.05) is 13.3 Å². The molecule has 0 atom stereocenters. The van der Waals surface area contributed by atoms with Crippen LogP contribution in [0.1, 0.15) is 19.8 Å². The van der Waals surface area contributed by atoms with E-state index in [0.29, 0.717) is 5.96 Å². The maximum absolute atomic E-state index is 5.94. The van der Waals surface area contributed by atoms with Gasteiger partial charge in [-0.05, 0) is 20.0 Å². The van der Waals surface area contributed by atoms with Gasteiger partial charge in [0.15, 0.2) is 5.96 Å². The first kappa shape index (κ1) is 14.3. The van der Waals surface area contributed by atoms with Crippen molar-refractivity contribution in [3.05, 3.63) is 0 Å². The molecule has 0 aromatic carbocycles. The highest BCUT2D eigenvalue weighted by Crippen LogP contribution is 1.96. The van der Waals surface area contributed by atoms with E-state index in [0.717, 1.165) is 45.9 Å². The molecule has 100 valence electrons. The Bertz CT molecular complexity index is 227. The highest BCUT2D eigenvalue weighted by Gasteiger charge is 2.11. The lowest BCUT2D eigenvalue weighted by Crippen LogP contribution is -2.45. The number of likely N-dealkylation sites (N-methyl/N-ethyl adjacent to an activating group) is 1. The van der Waals surface area contributed by atoms with Gasteiger partial charge in [-0.15, -0.1) is 0 Å². The number of nitrogens with zero attached hydrogens (tertiary/aromatic N) is 3. The Morgan fingerprint density at radius 1 is 1.35 bits per heavy atom. The molecule has 0 aromatic heterocycles. The summed E-state index contributed by atoms with van der Waals surface area (Å²) in [4.78, 5) is 8.82. The zero-order valence-electron chi connectivity index (χ0n) is 11.2. The van der Waals surface area contributed by atoms with E-state index >= 15 is 0 Å². The summed E-state index contributed by atoms with van der Waals surface area (Å²) in [5.74, 6) is 0.664. The molecular weight excluding hydrogens is 216 g/mol. The molecule has 0 saturated carbocycles. The number of nitrogens with two attached hydrogens (primary N) is 1. The van der Waals surface area contributed by atoms with Gasteiger partial charge < -0.3 is 20.3 Å². The normalized spacial score (nSPS) is 17.8. The largest absolute Gasteiger partial charge is 0.378 e. The minimum Gasteiger partial charge on any atom is -0.378 e. The molecule has 0 spiro atoms. The zero-order chi connectivity index (χ0) is 12.5. The van der Waals surface area contributed by atoms with Crippen LogP contribution in [0.5, 0.6) is 0 Å². The first-order chi connectivity index (χ1) is 8.24. The van der Waals surface area contributed by atoms with Crippen molar-refractivity contribution in [1.82, 2.24) is 9.80 Å². The molecule has 0 bridgehead atoms. The number of hydrogen-bond acceptors (Lipinski definition) is 3.